The van der Waals surface area contributed by atoms with Gasteiger partial charge in [-0.3, -0.25) is 4.90 Å². The third-order valence-corrected chi connectivity index (χ3v) is 7.92. The van der Waals surface area contributed by atoms with Crippen molar-refractivity contribution in [3.63, 3.8) is 0 Å². The zero-order valence-electron chi connectivity index (χ0n) is 15.6. The van der Waals surface area contributed by atoms with Crippen LogP contribution in [-0.2, 0) is 6.54 Å². The van der Waals surface area contributed by atoms with Gasteiger partial charge in [0, 0.05) is 6.54 Å². The van der Waals surface area contributed by atoms with Crippen molar-refractivity contribution in [1.29, 1.82) is 0 Å². The summed E-state index contributed by atoms with van der Waals surface area (Å²) in [4.78, 5) is 8.42. The first-order valence-electron chi connectivity index (χ1n) is 9.49. The van der Waals surface area contributed by atoms with E-state index in [-0.39, 0.29) is 0 Å². The summed E-state index contributed by atoms with van der Waals surface area (Å²) in [5.41, 5.74) is 2.40. The number of fused-ring (bicyclic) bond motifs is 1. The number of benzene rings is 1. The molecule has 0 bridgehead atoms. The van der Waals surface area contributed by atoms with E-state index in [4.69, 9.17) is 4.98 Å². The minimum atomic E-state index is 0.783. The topological polar surface area (TPSA) is 53.9 Å². The number of hydrogen-bond donors (Lipinski definition) is 1. The van der Waals surface area contributed by atoms with Gasteiger partial charge < -0.3 is 5.32 Å². The highest BCUT2D eigenvalue weighted by molar-refractivity contribution is 7.24. The maximum Gasteiger partial charge on any atom is 0.212 e. The van der Waals surface area contributed by atoms with Crippen molar-refractivity contribution in [3.8, 4) is 9.88 Å². The van der Waals surface area contributed by atoms with Crippen LogP contribution in [-0.4, -0.2) is 33.2 Å². The summed E-state index contributed by atoms with van der Waals surface area (Å²) in [6.45, 7) is 5.80. The van der Waals surface area contributed by atoms with Crippen LogP contribution in [0.15, 0.2) is 35.7 Å². The van der Waals surface area contributed by atoms with Crippen molar-refractivity contribution in [2.24, 2.45) is 5.92 Å². The molecular formula is C20H21N5S3. The summed E-state index contributed by atoms with van der Waals surface area (Å²) in [6.07, 6.45) is 2.62. The largest absolute Gasteiger partial charge is 0.306 e. The Balaban J connectivity index is 1.30. The van der Waals surface area contributed by atoms with Crippen LogP contribution in [0.25, 0.3) is 20.1 Å². The van der Waals surface area contributed by atoms with E-state index in [0.717, 1.165) is 38.1 Å². The molecular weight excluding hydrogens is 406 g/mol. The number of aromatic nitrogens is 3. The fourth-order valence-electron chi connectivity index (χ4n) is 3.46. The van der Waals surface area contributed by atoms with Crippen LogP contribution in [0.1, 0.15) is 25.3 Å². The molecule has 0 spiro atoms. The van der Waals surface area contributed by atoms with E-state index in [1.165, 1.54) is 36.2 Å². The fraction of sp³-hybridized carbons (Fsp3) is 0.350. The molecule has 4 heterocycles. The summed E-state index contributed by atoms with van der Waals surface area (Å²) in [5.74, 6) is 0.870. The first-order valence-corrected chi connectivity index (χ1v) is 12.0. The standard InChI is InChI=1S/C20H21N5S3/c1-13-6-8-25(9-7-13)12-14-4-5-15-17(11-14)27-19(21-15)22-20-24-23-18(28-20)16-3-2-10-26-16/h2-5,10-11,13H,6-9,12H2,1H3,(H,21,22,24). The number of hydrogen-bond acceptors (Lipinski definition) is 8. The Morgan fingerprint density at radius 2 is 2.00 bits per heavy atom. The number of rotatable bonds is 5. The first kappa shape index (κ1) is 18.2. The number of anilines is 2. The van der Waals surface area contributed by atoms with Crippen molar-refractivity contribution in [3.05, 3.63) is 41.3 Å². The average Bonchev–Trinajstić information content (AvgIpc) is 3.43. The van der Waals surface area contributed by atoms with E-state index >= 15 is 0 Å². The van der Waals surface area contributed by atoms with Crippen molar-refractivity contribution in [2.45, 2.75) is 26.3 Å². The Labute approximate surface area is 176 Å². The predicted octanol–water partition coefficient (Wildman–Crippen LogP) is 5.85. The maximum absolute atomic E-state index is 4.71. The van der Waals surface area contributed by atoms with Gasteiger partial charge >= 0.3 is 0 Å². The highest BCUT2D eigenvalue weighted by Crippen LogP contribution is 2.34. The molecule has 0 radical (unpaired) electrons. The van der Waals surface area contributed by atoms with Crippen LogP contribution in [0.5, 0.6) is 0 Å². The molecule has 0 aliphatic carbocycles. The molecule has 144 valence electrons. The van der Waals surface area contributed by atoms with Gasteiger partial charge in [-0.1, -0.05) is 41.7 Å². The molecule has 1 aliphatic heterocycles. The highest BCUT2D eigenvalue weighted by atomic mass is 32.1. The van der Waals surface area contributed by atoms with Crippen LogP contribution < -0.4 is 5.32 Å². The van der Waals surface area contributed by atoms with E-state index in [0.29, 0.717) is 0 Å². The van der Waals surface area contributed by atoms with E-state index in [9.17, 15) is 0 Å². The Bertz CT molecular complexity index is 1060. The van der Waals surface area contributed by atoms with Gasteiger partial charge in [-0.2, -0.15) is 0 Å². The molecule has 3 aromatic heterocycles. The molecule has 4 aromatic rings. The van der Waals surface area contributed by atoms with E-state index < -0.39 is 0 Å². The molecule has 8 heteroatoms. The van der Waals surface area contributed by atoms with Crippen molar-refractivity contribution >= 4 is 54.5 Å². The second-order valence-corrected chi connectivity index (χ2v) is 10.3. The summed E-state index contributed by atoms with van der Waals surface area (Å²) < 4.78 is 1.22. The minimum absolute atomic E-state index is 0.783. The second kappa shape index (κ2) is 7.87. The molecule has 1 aliphatic rings. The summed E-state index contributed by atoms with van der Waals surface area (Å²) in [5, 5.41) is 16.5. The maximum atomic E-state index is 4.71. The SMILES string of the molecule is CC1CCN(Cc2ccc3nc(Nc4nnc(-c5cccs5)s4)sc3c2)CC1. The smallest absolute Gasteiger partial charge is 0.212 e. The normalized spacial score (nSPS) is 16.0. The van der Waals surface area contributed by atoms with Crippen LogP contribution in [0.2, 0.25) is 0 Å². The van der Waals surface area contributed by atoms with Crippen LogP contribution in [0.4, 0.5) is 10.3 Å². The molecule has 5 rings (SSSR count). The number of thiazole rings is 1. The third kappa shape index (κ3) is 3.96. The summed E-state index contributed by atoms with van der Waals surface area (Å²) >= 11 is 4.91. The number of nitrogens with zero attached hydrogens (tertiary/aromatic N) is 4. The van der Waals surface area contributed by atoms with E-state index in [1.807, 2.05) is 6.07 Å². The van der Waals surface area contributed by atoms with Gasteiger partial charge in [0.1, 0.15) is 0 Å². The molecule has 5 nitrogen and oxygen atoms in total. The van der Waals surface area contributed by atoms with E-state index in [2.05, 4.69) is 57.0 Å². The lowest BCUT2D eigenvalue weighted by Crippen LogP contribution is -2.32. The number of piperidine rings is 1. The Morgan fingerprint density at radius 3 is 2.82 bits per heavy atom. The Kier molecular flexibility index (Phi) is 5.11. The van der Waals surface area contributed by atoms with Gasteiger partial charge in [-0.15, -0.1) is 21.5 Å². The quantitative estimate of drug-likeness (QED) is 0.433. The van der Waals surface area contributed by atoms with Crippen LogP contribution >= 0.6 is 34.0 Å². The second-order valence-electron chi connectivity index (χ2n) is 7.29. The Morgan fingerprint density at radius 1 is 1.11 bits per heavy atom. The molecule has 1 fully saturated rings. The van der Waals surface area contributed by atoms with Gasteiger partial charge in [0.2, 0.25) is 5.13 Å². The molecule has 0 amide bonds. The third-order valence-electron chi connectivity index (χ3n) is 5.11. The molecule has 0 saturated carbocycles. The molecule has 1 saturated heterocycles. The van der Waals surface area contributed by atoms with Gasteiger partial charge in [0.05, 0.1) is 15.1 Å². The summed E-state index contributed by atoms with van der Waals surface area (Å²) in [6, 6.07) is 10.7. The minimum Gasteiger partial charge on any atom is -0.306 e. The fourth-order valence-corrected chi connectivity index (χ4v) is 5.99. The number of nitrogens with one attached hydrogen (secondary N) is 1. The molecule has 28 heavy (non-hydrogen) atoms. The lowest BCUT2D eigenvalue weighted by Gasteiger charge is -2.30. The monoisotopic (exact) mass is 427 g/mol. The van der Waals surface area contributed by atoms with Crippen LogP contribution in [0.3, 0.4) is 0 Å². The van der Waals surface area contributed by atoms with Crippen molar-refractivity contribution < 1.29 is 0 Å². The average molecular weight is 428 g/mol. The van der Waals surface area contributed by atoms with Crippen LogP contribution in [0, 0.1) is 5.92 Å². The Hall–Kier alpha value is -1.87. The lowest BCUT2D eigenvalue weighted by molar-refractivity contribution is 0.185. The molecule has 0 atom stereocenters. The lowest BCUT2D eigenvalue weighted by atomic mass is 9.99. The summed E-state index contributed by atoms with van der Waals surface area (Å²) in [7, 11) is 0. The van der Waals surface area contributed by atoms with Crippen molar-refractivity contribution in [2.75, 3.05) is 18.4 Å². The highest BCUT2D eigenvalue weighted by Gasteiger charge is 2.16. The molecule has 1 N–H and O–H groups in total. The molecule has 0 unspecified atom stereocenters. The van der Waals surface area contributed by atoms with Crippen molar-refractivity contribution in [1.82, 2.24) is 20.1 Å². The van der Waals surface area contributed by atoms with Gasteiger partial charge in [0.15, 0.2) is 10.1 Å². The van der Waals surface area contributed by atoms with E-state index in [1.54, 1.807) is 34.0 Å². The zero-order valence-corrected chi connectivity index (χ0v) is 18.0. The molecule has 1 aromatic carbocycles. The predicted molar refractivity (Wildman–Crippen MR) is 120 cm³/mol. The number of thiophene rings is 1. The van der Waals surface area contributed by atoms with Gasteiger partial charge in [-0.05, 0) is 61.0 Å². The number of likely N-dealkylation sites (tertiary alicyclic amines) is 1. The van der Waals surface area contributed by atoms with Gasteiger partial charge in [0.25, 0.3) is 0 Å². The van der Waals surface area contributed by atoms with Gasteiger partial charge in [-0.25, -0.2) is 4.98 Å². The first-order chi connectivity index (χ1) is 13.7. The zero-order chi connectivity index (χ0) is 18.9.